The summed E-state index contributed by atoms with van der Waals surface area (Å²) in [6.45, 7) is 4.50. The normalized spacial score (nSPS) is 28.0. The molecule has 3 rings (SSSR count). The predicted octanol–water partition coefficient (Wildman–Crippen LogP) is 2.59. The second kappa shape index (κ2) is 8.46. The van der Waals surface area contributed by atoms with Gasteiger partial charge in [-0.15, -0.1) is 24.8 Å². The Kier molecular flexibility index (Phi) is 7.56. The molecule has 1 N–H and O–H groups in total. The summed E-state index contributed by atoms with van der Waals surface area (Å²) >= 11 is 0. The maximum absolute atomic E-state index is 13.5. The highest BCUT2D eigenvalue weighted by Gasteiger charge is 2.45. The molecule has 2 heterocycles. The lowest BCUT2D eigenvalue weighted by Crippen LogP contribution is -2.30. The van der Waals surface area contributed by atoms with Gasteiger partial charge in [0.05, 0.1) is 0 Å². The molecule has 0 bridgehead atoms. The van der Waals surface area contributed by atoms with E-state index in [4.69, 9.17) is 5.11 Å². The first-order valence-corrected chi connectivity index (χ1v) is 7.48. The first kappa shape index (κ1) is 19.7. The van der Waals surface area contributed by atoms with E-state index in [9.17, 15) is 4.39 Å². The molecule has 2 aliphatic heterocycles. The van der Waals surface area contributed by atoms with E-state index in [-0.39, 0.29) is 37.2 Å². The topological polar surface area (TPSA) is 26.7 Å². The SMILES string of the molecule is CN1C[C@H]2CN(CCCO)C[C@H]2[C@@H]1c1cccc(F)c1.Cl.Cl. The molecule has 0 amide bonds. The van der Waals surface area contributed by atoms with Crippen molar-refractivity contribution in [2.75, 3.05) is 39.8 Å². The highest BCUT2D eigenvalue weighted by Crippen LogP contribution is 2.43. The maximum Gasteiger partial charge on any atom is 0.123 e. The molecule has 2 fully saturated rings. The second-order valence-electron chi connectivity index (χ2n) is 6.20. The van der Waals surface area contributed by atoms with Gasteiger partial charge in [0.15, 0.2) is 0 Å². The molecule has 3 atom stereocenters. The van der Waals surface area contributed by atoms with Crippen molar-refractivity contribution in [3.05, 3.63) is 35.6 Å². The quantitative estimate of drug-likeness (QED) is 0.903. The summed E-state index contributed by atoms with van der Waals surface area (Å²) in [5, 5.41) is 8.96. The third-order valence-electron chi connectivity index (χ3n) is 4.79. The molecule has 126 valence electrons. The van der Waals surface area contributed by atoms with E-state index >= 15 is 0 Å². The van der Waals surface area contributed by atoms with Crippen molar-refractivity contribution in [3.8, 4) is 0 Å². The lowest BCUT2D eigenvalue weighted by molar-refractivity contribution is 0.209. The van der Waals surface area contributed by atoms with Gasteiger partial charge in [0, 0.05) is 38.8 Å². The Morgan fingerprint density at radius 3 is 2.68 bits per heavy atom. The highest BCUT2D eigenvalue weighted by atomic mass is 35.5. The number of aliphatic hydroxyl groups excluding tert-OH is 1. The largest absolute Gasteiger partial charge is 0.396 e. The Morgan fingerprint density at radius 2 is 2.00 bits per heavy atom. The number of benzene rings is 1. The molecule has 0 aliphatic carbocycles. The van der Waals surface area contributed by atoms with E-state index in [1.807, 2.05) is 12.1 Å². The molecule has 6 heteroatoms. The molecule has 1 aromatic rings. The van der Waals surface area contributed by atoms with Crippen molar-refractivity contribution in [1.82, 2.24) is 9.80 Å². The molecule has 1 aromatic carbocycles. The Labute approximate surface area is 144 Å². The summed E-state index contributed by atoms with van der Waals surface area (Å²) in [5.74, 6) is 1.11. The maximum atomic E-state index is 13.5. The fourth-order valence-electron chi connectivity index (χ4n) is 4.02. The van der Waals surface area contributed by atoms with E-state index in [1.54, 1.807) is 6.07 Å². The number of fused-ring (bicyclic) bond motifs is 1. The smallest absolute Gasteiger partial charge is 0.123 e. The van der Waals surface area contributed by atoms with Gasteiger partial charge in [0.1, 0.15) is 5.82 Å². The zero-order chi connectivity index (χ0) is 14.1. The Hall–Kier alpha value is -0.390. The number of hydrogen-bond acceptors (Lipinski definition) is 3. The van der Waals surface area contributed by atoms with Gasteiger partial charge >= 0.3 is 0 Å². The van der Waals surface area contributed by atoms with Crippen molar-refractivity contribution in [2.24, 2.45) is 11.8 Å². The molecule has 2 saturated heterocycles. The third-order valence-corrected chi connectivity index (χ3v) is 4.79. The lowest BCUT2D eigenvalue weighted by atomic mass is 9.89. The highest BCUT2D eigenvalue weighted by molar-refractivity contribution is 5.85. The zero-order valence-electron chi connectivity index (χ0n) is 12.8. The van der Waals surface area contributed by atoms with Gasteiger partial charge in [-0.2, -0.15) is 0 Å². The van der Waals surface area contributed by atoms with Crippen molar-refractivity contribution < 1.29 is 9.50 Å². The van der Waals surface area contributed by atoms with Crippen molar-refractivity contribution in [2.45, 2.75) is 12.5 Å². The fraction of sp³-hybridized carbons (Fsp3) is 0.625. The third kappa shape index (κ3) is 3.92. The van der Waals surface area contributed by atoms with Crippen LogP contribution in [0.4, 0.5) is 4.39 Å². The molecular weight excluding hydrogens is 326 g/mol. The van der Waals surface area contributed by atoms with Crippen LogP contribution in [0.5, 0.6) is 0 Å². The molecule has 2 aliphatic rings. The summed E-state index contributed by atoms with van der Waals surface area (Å²) < 4.78 is 13.5. The number of hydrogen-bond donors (Lipinski definition) is 1. The Morgan fingerprint density at radius 1 is 1.23 bits per heavy atom. The average molecular weight is 351 g/mol. The fourth-order valence-corrected chi connectivity index (χ4v) is 4.02. The van der Waals surface area contributed by atoms with E-state index in [2.05, 4.69) is 16.8 Å². The van der Waals surface area contributed by atoms with Crippen LogP contribution in [0.1, 0.15) is 18.0 Å². The molecule has 0 spiro atoms. The van der Waals surface area contributed by atoms with Crippen LogP contribution >= 0.6 is 24.8 Å². The number of halogens is 3. The predicted molar refractivity (Wildman–Crippen MR) is 91.4 cm³/mol. The van der Waals surface area contributed by atoms with Gasteiger partial charge < -0.3 is 10.0 Å². The van der Waals surface area contributed by atoms with Crippen LogP contribution < -0.4 is 0 Å². The number of nitrogens with zero attached hydrogens (tertiary/aromatic N) is 2. The van der Waals surface area contributed by atoms with Crippen molar-refractivity contribution in [3.63, 3.8) is 0 Å². The van der Waals surface area contributed by atoms with Gasteiger partial charge in [0.25, 0.3) is 0 Å². The summed E-state index contributed by atoms with van der Waals surface area (Å²) in [5.41, 5.74) is 1.10. The summed E-state index contributed by atoms with van der Waals surface area (Å²) in [6.07, 6.45) is 0.847. The van der Waals surface area contributed by atoms with Crippen LogP contribution in [0, 0.1) is 17.7 Å². The van der Waals surface area contributed by atoms with E-state index in [0.29, 0.717) is 17.9 Å². The molecule has 0 saturated carbocycles. The van der Waals surface area contributed by atoms with Gasteiger partial charge in [-0.3, -0.25) is 4.90 Å². The van der Waals surface area contributed by atoms with Crippen LogP contribution in [0.2, 0.25) is 0 Å². The summed E-state index contributed by atoms with van der Waals surface area (Å²) in [7, 11) is 2.14. The van der Waals surface area contributed by atoms with Crippen LogP contribution in [0.25, 0.3) is 0 Å². The Bertz CT molecular complexity index is 477. The molecule has 0 aromatic heterocycles. The number of likely N-dealkylation sites (tertiary alicyclic amines) is 2. The van der Waals surface area contributed by atoms with Crippen molar-refractivity contribution in [1.29, 1.82) is 0 Å². The first-order chi connectivity index (χ1) is 9.69. The van der Waals surface area contributed by atoms with Crippen molar-refractivity contribution >= 4 is 24.8 Å². The first-order valence-electron chi connectivity index (χ1n) is 7.48. The van der Waals surface area contributed by atoms with Gasteiger partial charge in [-0.25, -0.2) is 4.39 Å². The minimum atomic E-state index is -0.144. The van der Waals surface area contributed by atoms with Crippen LogP contribution in [-0.4, -0.2) is 54.7 Å². The average Bonchev–Trinajstić information content (AvgIpc) is 2.92. The minimum Gasteiger partial charge on any atom is -0.396 e. The van der Waals surface area contributed by atoms with Gasteiger partial charge in [-0.05, 0) is 43.0 Å². The lowest BCUT2D eigenvalue weighted by Gasteiger charge is -2.26. The Balaban J connectivity index is 0.00000121. The monoisotopic (exact) mass is 350 g/mol. The zero-order valence-corrected chi connectivity index (χ0v) is 14.5. The van der Waals surface area contributed by atoms with Crippen LogP contribution in [0.3, 0.4) is 0 Å². The van der Waals surface area contributed by atoms with Gasteiger partial charge in [-0.1, -0.05) is 12.1 Å². The van der Waals surface area contributed by atoms with Gasteiger partial charge in [0.2, 0.25) is 0 Å². The van der Waals surface area contributed by atoms with E-state index in [1.165, 1.54) is 6.07 Å². The number of aliphatic hydroxyl groups is 1. The number of rotatable bonds is 4. The summed E-state index contributed by atoms with van der Waals surface area (Å²) in [6, 6.07) is 7.38. The standard InChI is InChI=1S/C16H23FN2O.2ClH/c1-18-9-13-10-19(6-3-7-20)11-15(13)16(18)12-4-2-5-14(17)8-12;;/h2,4-5,8,13,15-16,20H,3,6-7,9-11H2,1H3;2*1H/t13-,15+,16-;;/m0../s1. The molecule has 0 unspecified atom stereocenters. The van der Waals surface area contributed by atoms with Crippen LogP contribution in [0.15, 0.2) is 24.3 Å². The molecule has 0 radical (unpaired) electrons. The minimum absolute atomic E-state index is 0. The molecule has 3 nitrogen and oxygen atoms in total. The van der Waals surface area contributed by atoms with E-state index in [0.717, 1.165) is 38.2 Å². The summed E-state index contributed by atoms with van der Waals surface area (Å²) in [4.78, 5) is 4.82. The molecule has 22 heavy (non-hydrogen) atoms. The second-order valence-corrected chi connectivity index (χ2v) is 6.20. The van der Waals surface area contributed by atoms with Crippen LogP contribution in [-0.2, 0) is 0 Å². The van der Waals surface area contributed by atoms with E-state index < -0.39 is 0 Å². The molecular formula is C16H25Cl2FN2O.